The number of sulfone groups is 1. The Bertz CT molecular complexity index is 939. The molecule has 0 saturated heterocycles. The molecule has 8 nitrogen and oxygen atoms in total. The number of hydrogen-bond donors (Lipinski definition) is 1. The summed E-state index contributed by atoms with van der Waals surface area (Å²) in [5.41, 5.74) is 1.39. The molecule has 0 aliphatic heterocycles. The summed E-state index contributed by atoms with van der Waals surface area (Å²) in [4.78, 5) is 18.5. The zero-order chi connectivity index (χ0) is 21.6. The van der Waals surface area contributed by atoms with Crippen LogP contribution in [-0.2, 0) is 33.4 Å². The normalized spacial score (nSPS) is 13.9. The molecule has 164 valence electrons. The van der Waals surface area contributed by atoms with Gasteiger partial charge < -0.3 is 19.5 Å². The van der Waals surface area contributed by atoms with Gasteiger partial charge in [-0.15, -0.1) is 0 Å². The molecule has 2 aromatic rings. The first-order valence-corrected chi connectivity index (χ1v) is 11.9. The maximum absolute atomic E-state index is 13.1. The monoisotopic (exact) mass is 434 g/mol. The molecule has 0 unspecified atom stereocenters. The Balaban J connectivity index is 1.87. The van der Waals surface area contributed by atoms with E-state index >= 15 is 0 Å². The molecule has 1 aliphatic carbocycles. The maximum Gasteiger partial charge on any atom is 0.317 e. The molecule has 1 fully saturated rings. The number of aromatic nitrogens is 2. The standard InChI is InChI=1S/C21H30N4O4S/c1-3-22-20(26)24(14-17-9-10-17)15-19-13-23-21(25(19)11-12-29-2)30(27,28)16-18-7-5-4-6-8-18/h4-8,13,17H,3,9-12,14-16H2,1-2H3,(H,22,26). The topological polar surface area (TPSA) is 93.5 Å². The number of rotatable bonds is 11. The Kier molecular flexibility index (Phi) is 7.49. The highest BCUT2D eigenvalue weighted by atomic mass is 32.2. The van der Waals surface area contributed by atoms with Crippen LogP contribution >= 0.6 is 0 Å². The van der Waals surface area contributed by atoms with Crippen LogP contribution in [0.25, 0.3) is 0 Å². The maximum atomic E-state index is 13.1. The molecule has 0 radical (unpaired) electrons. The van der Waals surface area contributed by atoms with Gasteiger partial charge in [-0.2, -0.15) is 0 Å². The fourth-order valence-electron chi connectivity index (χ4n) is 3.34. The molecule has 2 amide bonds. The number of methoxy groups -OCH3 is 1. The number of imidazole rings is 1. The average Bonchev–Trinajstić information content (AvgIpc) is 3.44. The molecular weight excluding hydrogens is 404 g/mol. The molecule has 1 saturated carbocycles. The van der Waals surface area contributed by atoms with Crippen LogP contribution in [-0.4, -0.2) is 55.7 Å². The summed E-state index contributed by atoms with van der Waals surface area (Å²) in [6.07, 6.45) is 3.80. The van der Waals surface area contributed by atoms with Crippen molar-refractivity contribution >= 4 is 15.9 Å². The minimum Gasteiger partial charge on any atom is -0.383 e. The van der Waals surface area contributed by atoms with E-state index in [0.717, 1.165) is 12.8 Å². The lowest BCUT2D eigenvalue weighted by Crippen LogP contribution is -2.41. The number of carbonyl (C=O) groups excluding carboxylic acids is 1. The number of carbonyl (C=O) groups is 1. The molecule has 1 aromatic carbocycles. The fraction of sp³-hybridized carbons (Fsp3) is 0.524. The van der Waals surface area contributed by atoms with E-state index < -0.39 is 9.84 Å². The van der Waals surface area contributed by atoms with Crippen molar-refractivity contribution in [1.82, 2.24) is 19.8 Å². The van der Waals surface area contributed by atoms with Gasteiger partial charge in [-0.25, -0.2) is 18.2 Å². The third-order valence-corrected chi connectivity index (χ3v) is 6.64. The van der Waals surface area contributed by atoms with Crippen molar-refractivity contribution in [2.24, 2.45) is 5.92 Å². The van der Waals surface area contributed by atoms with E-state index in [0.29, 0.717) is 50.0 Å². The van der Waals surface area contributed by atoms with Crippen molar-refractivity contribution < 1.29 is 17.9 Å². The molecule has 0 atom stereocenters. The summed E-state index contributed by atoms with van der Waals surface area (Å²) in [5, 5.41) is 2.86. The number of ether oxygens (including phenoxy) is 1. The second-order valence-electron chi connectivity index (χ2n) is 7.58. The summed E-state index contributed by atoms with van der Waals surface area (Å²) < 4.78 is 33.0. The molecule has 9 heteroatoms. The minimum absolute atomic E-state index is 0.0145. The smallest absolute Gasteiger partial charge is 0.317 e. The van der Waals surface area contributed by atoms with Gasteiger partial charge in [0.25, 0.3) is 0 Å². The molecule has 30 heavy (non-hydrogen) atoms. The molecule has 1 aliphatic rings. The van der Waals surface area contributed by atoms with Gasteiger partial charge in [0.2, 0.25) is 15.0 Å². The number of nitrogens with zero attached hydrogens (tertiary/aromatic N) is 3. The molecule has 3 rings (SSSR count). The Morgan fingerprint density at radius 2 is 2.03 bits per heavy atom. The largest absolute Gasteiger partial charge is 0.383 e. The van der Waals surface area contributed by atoms with Crippen LogP contribution in [0.2, 0.25) is 0 Å². The number of benzene rings is 1. The van der Waals surface area contributed by atoms with Crippen LogP contribution in [0.1, 0.15) is 31.0 Å². The van der Waals surface area contributed by atoms with E-state index in [4.69, 9.17) is 4.74 Å². The predicted octanol–water partition coefficient (Wildman–Crippen LogP) is 2.44. The Morgan fingerprint density at radius 1 is 1.30 bits per heavy atom. The molecule has 1 aromatic heterocycles. The lowest BCUT2D eigenvalue weighted by Gasteiger charge is -2.23. The van der Waals surface area contributed by atoms with Crippen LogP contribution in [0.15, 0.2) is 41.7 Å². The van der Waals surface area contributed by atoms with Crippen molar-refractivity contribution in [3.05, 3.63) is 47.8 Å². The highest BCUT2D eigenvalue weighted by Crippen LogP contribution is 2.30. The van der Waals surface area contributed by atoms with Gasteiger partial charge in [0.15, 0.2) is 0 Å². The summed E-state index contributed by atoms with van der Waals surface area (Å²) in [6.45, 7) is 4.08. The third-order valence-electron chi connectivity index (χ3n) is 5.04. The van der Waals surface area contributed by atoms with Gasteiger partial charge >= 0.3 is 6.03 Å². The van der Waals surface area contributed by atoms with E-state index in [2.05, 4.69) is 10.3 Å². The van der Waals surface area contributed by atoms with Gasteiger partial charge in [0, 0.05) is 26.7 Å². The van der Waals surface area contributed by atoms with Crippen LogP contribution in [0.4, 0.5) is 4.79 Å². The number of amides is 2. The van der Waals surface area contributed by atoms with E-state index in [1.807, 2.05) is 25.1 Å². The highest BCUT2D eigenvalue weighted by Gasteiger charge is 2.29. The zero-order valence-corrected chi connectivity index (χ0v) is 18.4. The summed E-state index contributed by atoms with van der Waals surface area (Å²) in [7, 11) is -2.08. The van der Waals surface area contributed by atoms with Crippen molar-refractivity contribution in [2.75, 3.05) is 26.8 Å². The lowest BCUT2D eigenvalue weighted by atomic mass is 10.2. The number of nitrogens with one attached hydrogen (secondary N) is 1. The Hall–Kier alpha value is -2.39. The number of hydrogen-bond acceptors (Lipinski definition) is 5. The Labute approximate surface area is 178 Å². The van der Waals surface area contributed by atoms with Crippen molar-refractivity contribution in [1.29, 1.82) is 0 Å². The molecule has 1 heterocycles. The molecule has 0 bridgehead atoms. The third kappa shape index (κ3) is 5.82. The summed E-state index contributed by atoms with van der Waals surface area (Å²) >= 11 is 0. The van der Waals surface area contributed by atoms with E-state index in [9.17, 15) is 13.2 Å². The zero-order valence-electron chi connectivity index (χ0n) is 17.6. The van der Waals surface area contributed by atoms with Crippen LogP contribution in [0.5, 0.6) is 0 Å². The first-order valence-electron chi connectivity index (χ1n) is 10.3. The van der Waals surface area contributed by atoms with Gasteiger partial charge in [0.1, 0.15) is 0 Å². The quantitative estimate of drug-likeness (QED) is 0.586. The van der Waals surface area contributed by atoms with Crippen molar-refractivity contribution in [3.8, 4) is 0 Å². The highest BCUT2D eigenvalue weighted by molar-refractivity contribution is 7.90. The summed E-state index contributed by atoms with van der Waals surface area (Å²) in [5.74, 6) is 0.392. The van der Waals surface area contributed by atoms with E-state index in [-0.39, 0.29) is 16.9 Å². The lowest BCUT2D eigenvalue weighted by molar-refractivity contribution is 0.178. The fourth-order valence-corrected chi connectivity index (χ4v) is 4.85. The first-order chi connectivity index (χ1) is 14.4. The van der Waals surface area contributed by atoms with E-state index in [1.165, 1.54) is 0 Å². The molecular formula is C21H30N4O4S. The molecule has 1 N–H and O–H groups in total. The van der Waals surface area contributed by atoms with Crippen LogP contribution < -0.4 is 5.32 Å². The predicted molar refractivity (Wildman–Crippen MR) is 114 cm³/mol. The van der Waals surface area contributed by atoms with Crippen LogP contribution in [0, 0.1) is 5.92 Å². The average molecular weight is 435 g/mol. The van der Waals surface area contributed by atoms with Crippen LogP contribution in [0.3, 0.4) is 0 Å². The Morgan fingerprint density at radius 3 is 2.67 bits per heavy atom. The van der Waals surface area contributed by atoms with Gasteiger partial charge in [-0.05, 0) is 31.2 Å². The van der Waals surface area contributed by atoms with Crippen molar-refractivity contribution in [2.45, 2.75) is 43.8 Å². The van der Waals surface area contributed by atoms with Gasteiger partial charge in [0.05, 0.1) is 30.8 Å². The first kappa shape index (κ1) is 22.3. The van der Waals surface area contributed by atoms with E-state index in [1.54, 1.807) is 34.9 Å². The number of urea groups is 1. The van der Waals surface area contributed by atoms with Crippen molar-refractivity contribution in [3.63, 3.8) is 0 Å². The molecule has 0 spiro atoms. The summed E-state index contributed by atoms with van der Waals surface area (Å²) in [6, 6.07) is 8.91. The SMILES string of the molecule is CCNC(=O)N(Cc1cnc(S(=O)(=O)Cc2ccccc2)n1CCOC)CC1CC1. The second kappa shape index (κ2) is 10.1. The minimum atomic E-state index is -3.65. The second-order valence-corrected chi connectivity index (χ2v) is 9.46. The van der Waals surface area contributed by atoms with Gasteiger partial charge in [-0.3, -0.25) is 0 Å². The van der Waals surface area contributed by atoms with Gasteiger partial charge in [-0.1, -0.05) is 30.3 Å².